The third-order valence-corrected chi connectivity index (χ3v) is 3.80. The molecule has 0 saturated heterocycles. The minimum atomic E-state index is 0.164. The number of pyridine rings is 1. The number of ketones is 1. The maximum absolute atomic E-state index is 11.8. The van der Waals surface area contributed by atoms with Crippen LogP contribution in [0.25, 0.3) is 0 Å². The van der Waals surface area contributed by atoms with Gasteiger partial charge in [-0.1, -0.05) is 29.8 Å². The van der Waals surface area contributed by atoms with Gasteiger partial charge in [-0.2, -0.15) is 0 Å². The highest BCUT2D eigenvalue weighted by Crippen LogP contribution is 2.19. The summed E-state index contributed by atoms with van der Waals surface area (Å²) >= 11 is 7.51. The summed E-state index contributed by atoms with van der Waals surface area (Å²) in [4.78, 5) is 16.8. The molecule has 0 radical (unpaired) electrons. The predicted octanol–water partition coefficient (Wildman–Crippen LogP) is 3.64. The number of nitrogens with zero attached hydrogens (tertiary/aromatic N) is 1. The predicted molar refractivity (Wildman–Crippen MR) is 75.1 cm³/mol. The van der Waals surface area contributed by atoms with Gasteiger partial charge in [0.25, 0.3) is 0 Å². The van der Waals surface area contributed by atoms with Gasteiger partial charge in [0.1, 0.15) is 5.78 Å². The Labute approximate surface area is 115 Å². The first-order valence-corrected chi connectivity index (χ1v) is 6.90. The van der Waals surface area contributed by atoms with Crippen molar-refractivity contribution in [3.63, 3.8) is 0 Å². The van der Waals surface area contributed by atoms with Crippen molar-refractivity contribution >= 4 is 29.1 Å². The quantitative estimate of drug-likeness (QED) is 0.782. The highest BCUT2D eigenvalue weighted by molar-refractivity contribution is 8.00. The van der Waals surface area contributed by atoms with E-state index in [4.69, 9.17) is 11.6 Å². The molecule has 0 bridgehead atoms. The van der Waals surface area contributed by atoms with E-state index >= 15 is 0 Å². The number of rotatable bonds is 5. The maximum Gasteiger partial charge on any atom is 0.147 e. The minimum Gasteiger partial charge on any atom is -0.298 e. The van der Waals surface area contributed by atoms with E-state index in [2.05, 4.69) is 4.98 Å². The highest BCUT2D eigenvalue weighted by atomic mass is 35.5. The summed E-state index contributed by atoms with van der Waals surface area (Å²) in [5, 5.41) is 0.551. The molecule has 0 aliphatic rings. The summed E-state index contributed by atoms with van der Waals surface area (Å²) < 4.78 is 0. The van der Waals surface area contributed by atoms with Crippen LogP contribution in [0.15, 0.2) is 53.7 Å². The number of aromatic nitrogens is 1. The molecule has 18 heavy (non-hydrogen) atoms. The second-order valence-electron chi connectivity index (χ2n) is 3.78. The van der Waals surface area contributed by atoms with Crippen LogP contribution in [0.1, 0.15) is 5.56 Å². The van der Waals surface area contributed by atoms with Crippen molar-refractivity contribution in [1.82, 2.24) is 4.98 Å². The first kappa shape index (κ1) is 13.1. The Morgan fingerprint density at radius 1 is 1.22 bits per heavy atom. The lowest BCUT2D eigenvalue weighted by atomic mass is 10.1. The average Bonchev–Trinajstić information content (AvgIpc) is 2.40. The minimum absolute atomic E-state index is 0.164. The standard InChI is InChI=1S/C14H12ClNOS/c15-14-9-16-7-6-11(14)8-12(17)10-18-13-4-2-1-3-5-13/h1-7,9H,8,10H2. The van der Waals surface area contributed by atoms with E-state index in [9.17, 15) is 4.79 Å². The smallest absolute Gasteiger partial charge is 0.147 e. The van der Waals surface area contributed by atoms with Crippen LogP contribution >= 0.6 is 23.4 Å². The van der Waals surface area contributed by atoms with Crippen LogP contribution in [0.2, 0.25) is 5.02 Å². The van der Waals surface area contributed by atoms with E-state index in [1.54, 1.807) is 30.2 Å². The fourth-order valence-corrected chi connectivity index (χ4v) is 2.46. The van der Waals surface area contributed by atoms with Gasteiger partial charge in [0, 0.05) is 23.7 Å². The molecule has 2 aromatic rings. The van der Waals surface area contributed by atoms with Gasteiger partial charge in [0.2, 0.25) is 0 Å². The van der Waals surface area contributed by atoms with E-state index in [1.165, 1.54) is 0 Å². The van der Waals surface area contributed by atoms with Gasteiger partial charge in [0.15, 0.2) is 0 Å². The van der Waals surface area contributed by atoms with Gasteiger partial charge >= 0.3 is 0 Å². The first-order chi connectivity index (χ1) is 8.75. The number of carbonyl (C=O) groups is 1. The van der Waals surface area contributed by atoms with E-state index in [0.717, 1.165) is 10.5 Å². The molecule has 0 unspecified atom stereocenters. The van der Waals surface area contributed by atoms with Crippen molar-refractivity contribution in [2.45, 2.75) is 11.3 Å². The lowest BCUT2D eigenvalue weighted by Crippen LogP contribution is -2.06. The number of halogens is 1. The van der Waals surface area contributed by atoms with E-state index in [1.807, 2.05) is 30.3 Å². The second kappa shape index (κ2) is 6.57. The van der Waals surface area contributed by atoms with E-state index in [0.29, 0.717) is 17.2 Å². The number of hydrogen-bond acceptors (Lipinski definition) is 3. The summed E-state index contributed by atoms with van der Waals surface area (Å²) in [7, 11) is 0. The van der Waals surface area contributed by atoms with Crippen molar-refractivity contribution < 1.29 is 4.79 Å². The zero-order valence-electron chi connectivity index (χ0n) is 9.67. The van der Waals surface area contributed by atoms with Crippen molar-refractivity contribution in [2.75, 3.05) is 5.75 Å². The zero-order chi connectivity index (χ0) is 12.8. The number of Topliss-reactive ketones (excluding diaryl/α,β-unsaturated/α-hetero) is 1. The molecule has 2 nitrogen and oxygen atoms in total. The number of thioether (sulfide) groups is 1. The Morgan fingerprint density at radius 3 is 2.72 bits per heavy atom. The lowest BCUT2D eigenvalue weighted by Gasteiger charge is -2.03. The molecule has 1 aromatic carbocycles. The monoisotopic (exact) mass is 277 g/mol. The maximum atomic E-state index is 11.8. The molecule has 0 aliphatic heterocycles. The average molecular weight is 278 g/mol. The van der Waals surface area contributed by atoms with Crippen molar-refractivity contribution in [3.8, 4) is 0 Å². The van der Waals surface area contributed by atoms with Crippen molar-refractivity contribution in [3.05, 3.63) is 59.4 Å². The Morgan fingerprint density at radius 2 is 2.00 bits per heavy atom. The van der Waals surface area contributed by atoms with Crippen LogP contribution in [0, 0.1) is 0 Å². The molecule has 0 saturated carbocycles. The SMILES string of the molecule is O=C(CSc1ccccc1)Cc1ccncc1Cl. The van der Waals surface area contributed by atoms with E-state index in [-0.39, 0.29) is 5.78 Å². The van der Waals surface area contributed by atoms with Crippen LogP contribution in [-0.2, 0) is 11.2 Å². The van der Waals surface area contributed by atoms with Crippen LogP contribution in [0.5, 0.6) is 0 Å². The van der Waals surface area contributed by atoms with Gasteiger partial charge in [-0.25, -0.2) is 0 Å². The van der Waals surface area contributed by atoms with Crippen LogP contribution in [0.4, 0.5) is 0 Å². The Balaban J connectivity index is 1.88. The Bertz CT molecular complexity index is 530. The molecule has 0 atom stereocenters. The van der Waals surface area contributed by atoms with Gasteiger partial charge in [-0.05, 0) is 23.8 Å². The molecular formula is C14H12ClNOS. The molecule has 0 spiro atoms. The second-order valence-corrected chi connectivity index (χ2v) is 5.24. The lowest BCUT2D eigenvalue weighted by molar-refractivity contribution is -0.116. The summed E-state index contributed by atoms with van der Waals surface area (Å²) in [6, 6.07) is 11.7. The van der Waals surface area contributed by atoms with Gasteiger partial charge in [-0.15, -0.1) is 11.8 Å². The van der Waals surface area contributed by atoms with Crippen molar-refractivity contribution in [2.24, 2.45) is 0 Å². The fraction of sp³-hybridized carbons (Fsp3) is 0.143. The zero-order valence-corrected chi connectivity index (χ0v) is 11.2. The summed E-state index contributed by atoms with van der Waals surface area (Å²) in [5.74, 6) is 0.625. The summed E-state index contributed by atoms with van der Waals surface area (Å²) in [6.07, 6.45) is 3.58. The van der Waals surface area contributed by atoms with Crippen LogP contribution in [0.3, 0.4) is 0 Å². The van der Waals surface area contributed by atoms with Gasteiger partial charge < -0.3 is 0 Å². The fourth-order valence-electron chi connectivity index (χ4n) is 1.49. The third kappa shape index (κ3) is 3.86. The molecule has 1 heterocycles. The molecule has 92 valence electrons. The van der Waals surface area contributed by atoms with E-state index < -0.39 is 0 Å². The number of carbonyl (C=O) groups excluding carboxylic acids is 1. The molecule has 0 N–H and O–H groups in total. The van der Waals surface area contributed by atoms with Crippen molar-refractivity contribution in [1.29, 1.82) is 0 Å². The normalized spacial score (nSPS) is 10.3. The molecule has 0 amide bonds. The third-order valence-electron chi connectivity index (χ3n) is 2.39. The highest BCUT2D eigenvalue weighted by Gasteiger charge is 2.07. The van der Waals surface area contributed by atoms with Gasteiger partial charge in [-0.3, -0.25) is 9.78 Å². The summed E-state index contributed by atoms with van der Waals surface area (Å²) in [6.45, 7) is 0. The molecule has 0 fully saturated rings. The van der Waals surface area contributed by atoms with Crippen LogP contribution < -0.4 is 0 Å². The van der Waals surface area contributed by atoms with Gasteiger partial charge in [0.05, 0.1) is 10.8 Å². The Hall–Kier alpha value is -1.32. The molecule has 1 aromatic heterocycles. The molecular weight excluding hydrogens is 266 g/mol. The topological polar surface area (TPSA) is 30.0 Å². The Kier molecular flexibility index (Phi) is 4.79. The first-order valence-electron chi connectivity index (χ1n) is 5.53. The summed E-state index contributed by atoms with van der Waals surface area (Å²) in [5.41, 5.74) is 0.838. The largest absolute Gasteiger partial charge is 0.298 e. The molecule has 4 heteroatoms. The molecule has 0 aliphatic carbocycles. The number of benzene rings is 1. The molecule has 2 rings (SSSR count). The number of hydrogen-bond donors (Lipinski definition) is 0. The van der Waals surface area contributed by atoms with Crippen LogP contribution in [-0.4, -0.2) is 16.5 Å².